The molecule has 0 radical (unpaired) electrons. The van der Waals surface area contributed by atoms with Crippen LogP contribution in [-0.2, 0) is 6.61 Å². The highest BCUT2D eigenvalue weighted by Gasteiger charge is 2.07. The lowest BCUT2D eigenvalue weighted by molar-refractivity contribution is 0.305. The van der Waals surface area contributed by atoms with Crippen molar-refractivity contribution in [2.75, 3.05) is 7.05 Å². The van der Waals surface area contributed by atoms with E-state index in [2.05, 4.69) is 35.4 Å². The topological polar surface area (TPSA) is 57.9 Å². The van der Waals surface area contributed by atoms with Gasteiger partial charge in [-0.25, -0.2) is 4.98 Å². The van der Waals surface area contributed by atoms with E-state index in [4.69, 9.17) is 10.00 Å². The highest BCUT2D eigenvalue weighted by Crippen LogP contribution is 2.20. The number of rotatable bonds is 6. The zero-order chi connectivity index (χ0) is 15.1. The fourth-order valence-corrected chi connectivity index (χ4v) is 2.22. The summed E-state index contributed by atoms with van der Waals surface area (Å²) in [6.45, 7) is 2.50. The second-order valence-electron chi connectivity index (χ2n) is 4.73. The number of benzene rings is 1. The summed E-state index contributed by atoms with van der Waals surface area (Å²) < 4.78 is 5.73. The Morgan fingerprint density at radius 1 is 1.29 bits per heavy atom. The molecule has 1 aromatic heterocycles. The lowest BCUT2D eigenvalue weighted by Crippen LogP contribution is -2.14. The van der Waals surface area contributed by atoms with Crippen LogP contribution in [0.15, 0.2) is 42.6 Å². The van der Waals surface area contributed by atoms with Crippen molar-refractivity contribution < 1.29 is 4.74 Å². The van der Waals surface area contributed by atoms with Crippen molar-refractivity contribution in [2.45, 2.75) is 26.0 Å². The summed E-state index contributed by atoms with van der Waals surface area (Å²) in [5, 5.41) is 12.3. The Hall–Kier alpha value is -2.38. The predicted molar refractivity (Wildman–Crippen MR) is 81.8 cm³/mol. The van der Waals surface area contributed by atoms with Crippen LogP contribution >= 0.6 is 0 Å². The monoisotopic (exact) mass is 281 g/mol. The summed E-state index contributed by atoms with van der Waals surface area (Å²) in [5.41, 5.74) is 2.45. The van der Waals surface area contributed by atoms with Gasteiger partial charge in [-0.2, -0.15) is 5.26 Å². The molecule has 0 aliphatic carbocycles. The maximum atomic E-state index is 8.99. The molecule has 108 valence electrons. The molecule has 0 aliphatic heterocycles. The van der Waals surface area contributed by atoms with Crippen LogP contribution in [0, 0.1) is 11.3 Å². The standard InChI is InChI=1S/C17H19N3O/c1-3-16(19-2)13-6-8-15(9-7-13)21-12-14-5-4-10-20-17(14)11-18/h4-10,16,19H,3,12H2,1-2H3. The van der Waals surface area contributed by atoms with E-state index in [0.29, 0.717) is 18.3 Å². The average molecular weight is 281 g/mol. The number of nitrogens with one attached hydrogen (secondary N) is 1. The number of hydrogen-bond donors (Lipinski definition) is 1. The van der Waals surface area contributed by atoms with Gasteiger partial charge in [0.1, 0.15) is 24.1 Å². The lowest BCUT2D eigenvalue weighted by Gasteiger charge is -2.15. The van der Waals surface area contributed by atoms with Crippen molar-refractivity contribution in [2.24, 2.45) is 0 Å². The lowest BCUT2D eigenvalue weighted by atomic mass is 10.0. The number of nitrogens with zero attached hydrogens (tertiary/aromatic N) is 2. The first-order valence-corrected chi connectivity index (χ1v) is 7.02. The van der Waals surface area contributed by atoms with Crippen molar-refractivity contribution in [3.05, 3.63) is 59.4 Å². The highest BCUT2D eigenvalue weighted by molar-refractivity contribution is 5.32. The maximum Gasteiger partial charge on any atom is 0.147 e. The molecule has 1 atom stereocenters. The molecule has 0 spiro atoms. The molecule has 1 unspecified atom stereocenters. The zero-order valence-electron chi connectivity index (χ0n) is 12.3. The molecule has 1 N–H and O–H groups in total. The van der Waals surface area contributed by atoms with Gasteiger partial charge in [-0.3, -0.25) is 0 Å². The van der Waals surface area contributed by atoms with Gasteiger partial charge in [0.2, 0.25) is 0 Å². The Labute approximate surface area is 125 Å². The molecule has 1 aromatic carbocycles. The van der Waals surface area contributed by atoms with Crippen LogP contribution in [-0.4, -0.2) is 12.0 Å². The van der Waals surface area contributed by atoms with Gasteiger partial charge in [0.15, 0.2) is 0 Å². The van der Waals surface area contributed by atoms with Gasteiger partial charge in [-0.15, -0.1) is 0 Å². The molecule has 2 aromatic rings. The van der Waals surface area contributed by atoms with Crippen LogP contribution < -0.4 is 10.1 Å². The second-order valence-corrected chi connectivity index (χ2v) is 4.73. The molecule has 0 amide bonds. The Morgan fingerprint density at radius 2 is 2.05 bits per heavy atom. The molecule has 1 heterocycles. The summed E-state index contributed by atoms with van der Waals surface area (Å²) in [7, 11) is 1.96. The predicted octanol–water partition coefficient (Wildman–Crippen LogP) is 3.20. The van der Waals surface area contributed by atoms with Crippen molar-refractivity contribution >= 4 is 0 Å². The molecule has 0 aliphatic rings. The summed E-state index contributed by atoms with van der Waals surface area (Å²) in [5.74, 6) is 0.789. The molecule has 0 fully saturated rings. The van der Waals surface area contributed by atoms with Gasteiger partial charge in [0.25, 0.3) is 0 Å². The van der Waals surface area contributed by atoms with Crippen molar-refractivity contribution in [1.82, 2.24) is 10.3 Å². The van der Waals surface area contributed by atoms with Crippen LogP contribution in [0.1, 0.15) is 36.2 Å². The fraction of sp³-hybridized carbons (Fsp3) is 0.294. The molecule has 0 saturated carbocycles. The summed E-state index contributed by atoms with van der Waals surface area (Å²) >= 11 is 0. The highest BCUT2D eigenvalue weighted by atomic mass is 16.5. The van der Waals surface area contributed by atoms with Gasteiger partial charge < -0.3 is 10.1 Å². The minimum Gasteiger partial charge on any atom is -0.489 e. The minimum atomic E-state index is 0.347. The van der Waals surface area contributed by atoms with E-state index in [-0.39, 0.29) is 0 Å². The normalized spacial score (nSPS) is 11.7. The number of aromatic nitrogens is 1. The molecular formula is C17H19N3O. The fourth-order valence-electron chi connectivity index (χ4n) is 2.22. The molecular weight excluding hydrogens is 262 g/mol. The van der Waals surface area contributed by atoms with Crippen molar-refractivity contribution in [3.63, 3.8) is 0 Å². The van der Waals surface area contributed by atoms with Crippen LogP contribution in [0.3, 0.4) is 0 Å². The van der Waals surface area contributed by atoms with Crippen molar-refractivity contribution in [3.8, 4) is 11.8 Å². The molecule has 4 heteroatoms. The number of ether oxygens (including phenoxy) is 1. The Balaban J connectivity index is 2.03. The minimum absolute atomic E-state index is 0.347. The third kappa shape index (κ3) is 3.80. The number of pyridine rings is 1. The van der Waals surface area contributed by atoms with E-state index in [1.165, 1.54) is 5.56 Å². The molecule has 2 rings (SSSR count). The van der Waals surface area contributed by atoms with E-state index < -0.39 is 0 Å². The first-order chi connectivity index (χ1) is 10.3. The number of hydrogen-bond acceptors (Lipinski definition) is 4. The largest absolute Gasteiger partial charge is 0.489 e. The smallest absolute Gasteiger partial charge is 0.147 e. The van der Waals surface area contributed by atoms with Gasteiger partial charge in [-0.05, 0) is 37.2 Å². The summed E-state index contributed by atoms with van der Waals surface area (Å²) in [6.07, 6.45) is 2.65. The van der Waals surface area contributed by atoms with E-state index in [0.717, 1.165) is 17.7 Å². The van der Waals surface area contributed by atoms with Crippen LogP contribution in [0.5, 0.6) is 5.75 Å². The summed E-state index contributed by atoms with van der Waals surface area (Å²) in [4.78, 5) is 4.02. The second kappa shape index (κ2) is 7.41. The molecule has 4 nitrogen and oxygen atoms in total. The van der Waals surface area contributed by atoms with E-state index in [1.54, 1.807) is 12.3 Å². The Morgan fingerprint density at radius 3 is 2.67 bits per heavy atom. The third-order valence-corrected chi connectivity index (χ3v) is 3.43. The van der Waals surface area contributed by atoms with Crippen LogP contribution in [0.4, 0.5) is 0 Å². The Kier molecular flexibility index (Phi) is 5.30. The average Bonchev–Trinajstić information content (AvgIpc) is 2.55. The van der Waals surface area contributed by atoms with Gasteiger partial charge >= 0.3 is 0 Å². The first kappa shape index (κ1) is 15.0. The van der Waals surface area contributed by atoms with Crippen LogP contribution in [0.25, 0.3) is 0 Å². The van der Waals surface area contributed by atoms with E-state index >= 15 is 0 Å². The van der Waals surface area contributed by atoms with E-state index in [1.807, 2.05) is 25.2 Å². The first-order valence-electron chi connectivity index (χ1n) is 7.02. The van der Waals surface area contributed by atoms with Crippen molar-refractivity contribution in [1.29, 1.82) is 5.26 Å². The molecule has 21 heavy (non-hydrogen) atoms. The van der Waals surface area contributed by atoms with Gasteiger partial charge in [0, 0.05) is 17.8 Å². The maximum absolute atomic E-state index is 8.99. The SMILES string of the molecule is CCC(NC)c1ccc(OCc2cccnc2C#N)cc1. The zero-order valence-corrected chi connectivity index (χ0v) is 12.3. The van der Waals surface area contributed by atoms with Crippen LogP contribution in [0.2, 0.25) is 0 Å². The Bertz CT molecular complexity index is 613. The quantitative estimate of drug-likeness (QED) is 0.883. The summed E-state index contributed by atoms with van der Waals surface area (Å²) in [6, 6.07) is 14.1. The van der Waals surface area contributed by atoms with Gasteiger partial charge in [0.05, 0.1) is 0 Å². The van der Waals surface area contributed by atoms with E-state index in [9.17, 15) is 0 Å². The number of nitriles is 1. The third-order valence-electron chi connectivity index (χ3n) is 3.43. The molecule has 0 bridgehead atoms. The molecule has 0 saturated heterocycles. The van der Waals surface area contributed by atoms with Gasteiger partial charge in [-0.1, -0.05) is 25.1 Å².